The maximum Gasteiger partial charge on any atom is 0.251 e. The summed E-state index contributed by atoms with van der Waals surface area (Å²) in [5.74, 6) is 3.93. The van der Waals surface area contributed by atoms with Gasteiger partial charge in [-0.15, -0.1) is 0 Å². The van der Waals surface area contributed by atoms with Crippen LogP contribution in [-0.2, 0) is 18.6 Å². The first-order valence-electron chi connectivity index (χ1n) is 14.0. The summed E-state index contributed by atoms with van der Waals surface area (Å²) < 4.78 is 21.4. The molecular formula is C33H37ClN4O5S. The lowest BCUT2D eigenvalue weighted by Gasteiger charge is -2.19. The number of benzene rings is 3. The second kappa shape index (κ2) is 16.1. The molecule has 1 N–H and O–H groups in total. The second-order valence-electron chi connectivity index (χ2n) is 9.88. The number of hydrogen-bond donors (Lipinski definition) is 1. The van der Waals surface area contributed by atoms with Crippen LogP contribution in [0.2, 0.25) is 5.15 Å². The van der Waals surface area contributed by atoms with E-state index in [4.69, 9.17) is 35.5 Å². The van der Waals surface area contributed by atoms with Crippen molar-refractivity contribution >= 4 is 35.1 Å². The van der Waals surface area contributed by atoms with Gasteiger partial charge in [0.1, 0.15) is 11.0 Å². The second-order valence-corrected chi connectivity index (χ2v) is 11.2. The third-order valence-corrected chi connectivity index (χ3v) is 8.05. The van der Waals surface area contributed by atoms with Crippen molar-refractivity contribution in [1.82, 2.24) is 15.3 Å². The molecule has 44 heavy (non-hydrogen) atoms. The molecule has 1 aromatic heterocycles. The van der Waals surface area contributed by atoms with Gasteiger partial charge in [-0.25, -0.2) is 9.97 Å². The van der Waals surface area contributed by atoms with Crippen molar-refractivity contribution in [2.24, 2.45) is 0 Å². The van der Waals surface area contributed by atoms with Crippen molar-refractivity contribution in [3.8, 4) is 23.0 Å². The van der Waals surface area contributed by atoms with Gasteiger partial charge in [0.05, 0.1) is 28.4 Å². The van der Waals surface area contributed by atoms with Crippen molar-refractivity contribution in [2.75, 3.05) is 53.5 Å². The summed E-state index contributed by atoms with van der Waals surface area (Å²) in [4.78, 5) is 24.0. The Labute approximate surface area is 267 Å². The zero-order valence-electron chi connectivity index (χ0n) is 25.6. The highest BCUT2D eigenvalue weighted by Gasteiger charge is 2.12. The number of amides is 1. The maximum atomic E-state index is 12.9. The molecule has 0 aliphatic heterocycles. The molecule has 9 nitrogen and oxygen atoms in total. The number of rotatable bonds is 15. The third kappa shape index (κ3) is 8.93. The van der Waals surface area contributed by atoms with Crippen LogP contribution in [0.3, 0.4) is 0 Å². The number of methoxy groups -OCH3 is 4. The molecule has 0 spiro atoms. The highest BCUT2D eigenvalue weighted by molar-refractivity contribution is 7.98. The van der Waals surface area contributed by atoms with E-state index >= 15 is 0 Å². The van der Waals surface area contributed by atoms with Crippen LogP contribution in [-0.4, -0.2) is 64.5 Å². The van der Waals surface area contributed by atoms with Crippen molar-refractivity contribution in [2.45, 2.75) is 23.8 Å². The maximum absolute atomic E-state index is 12.9. The number of aromatic nitrogens is 2. The number of carbonyl (C=O) groups is 1. The molecule has 0 bridgehead atoms. The van der Waals surface area contributed by atoms with Gasteiger partial charge in [0.25, 0.3) is 5.91 Å². The summed E-state index contributed by atoms with van der Waals surface area (Å²) >= 11 is 7.84. The zero-order chi connectivity index (χ0) is 31.5. The summed E-state index contributed by atoms with van der Waals surface area (Å²) in [6, 6.07) is 21.0. The minimum Gasteiger partial charge on any atom is -0.493 e. The van der Waals surface area contributed by atoms with Crippen LogP contribution in [0.25, 0.3) is 0 Å². The lowest BCUT2D eigenvalue weighted by molar-refractivity contribution is 0.0954. The summed E-state index contributed by atoms with van der Waals surface area (Å²) in [5, 5.41) is 3.94. The number of hydrogen-bond acceptors (Lipinski definition) is 9. The molecule has 4 aromatic rings. The molecule has 0 aliphatic carbocycles. The monoisotopic (exact) mass is 636 g/mol. The van der Waals surface area contributed by atoms with Gasteiger partial charge in [0.15, 0.2) is 28.2 Å². The highest BCUT2D eigenvalue weighted by atomic mass is 35.5. The highest BCUT2D eigenvalue weighted by Crippen LogP contribution is 2.29. The van der Waals surface area contributed by atoms with Gasteiger partial charge in [0, 0.05) is 37.5 Å². The Morgan fingerprint density at radius 3 is 2.07 bits per heavy atom. The van der Waals surface area contributed by atoms with Crippen molar-refractivity contribution in [3.63, 3.8) is 0 Å². The van der Waals surface area contributed by atoms with E-state index < -0.39 is 0 Å². The molecule has 0 fully saturated rings. The zero-order valence-corrected chi connectivity index (χ0v) is 27.1. The fraction of sp³-hybridized carbons (Fsp3) is 0.303. The molecule has 1 heterocycles. The van der Waals surface area contributed by atoms with Gasteiger partial charge in [-0.05, 0) is 65.9 Å². The fourth-order valence-electron chi connectivity index (χ4n) is 4.50. The summed E-state index contributed by atoms with van der Waals surface area (Å²) in [6.45, 7) is 1.21. The third-order valence-electron chi connectivity index (χ3n) is 6.94. The first-order valence-corrected chi connectivity index (χ1v) is 15.4. The van der Waals surface area contributed by atoms with Crippen LogP contribution in [0.4, 0.5) is 5.82 Å². The van der Waals surface area contributed by atoms with E-state index in [-0.39, 0.29) is 5.91 Å². The molecule has 0 atom stereocenters. The van der Waals surface area contributed by atoms with Gasteiger partial charge in [-0.3, -0.25) is 4.79 Å². The Hall–Kier alpha value is -4.15. The van der Waals surface area contributed by atoms with Gasteiger partial charge in [-0.1, -0.05) is 47.6 Å². The standard InChI is InChI=1S/C33H37ClN4O5S/c1-38(16-14-23-10-12-27(41-3)29(19-23)43-5)31-20-30(34)36-33(37-31)44-21-24-7-6-8-25(17-24)32(39)35-15-13-22-9-11-26(40-2)28(18-22)42-4/h6-12,17-20H,13-16,21H2,1-5H3,(H,35,39). The van der Waals surface area contributed by atoms with E-state index in [1.807, 2.05) is 66.5 Å². The van der Waals surface area contributed by atoms with E-state index in [1.54, 1.807) is 40.6 Å². The van der Waals surface area contributed by atoms with Crippen LogP contribution < -0.4 is 29.2 Å². The molecule has 3 aromatic carbocycles. The predicted molar refractivity (Wildman–Crippen MR) is 175 cm³/mol. The lowest BCUT2D eigenvalue weighted by atomic mass is 10.1. The molecule has 1 amide bonds. The molecule has 0 unspecified atom stereocenters. The van der Waals surface area contributed by atoms with Gasteiger partial charge >= 0.3 is 0 Å². The summed E-state index contributed by atoms with van der Waals surface area (Å²) in [5.41, 5.74) is 3.74. The van der Waals surface area contributed by atoms with E-state index in [9.17, 15) is 4.79 Å². The molecule has 4 rings (SSSR count). The van der Waals surface area contributed by atoms with Crippen LogP contribution in [0.1, 0.15) is 27.0 Å². The average Bonchev–Trinajstić information content (AvgIpc) is 3.05. The smallest absolute Gasteiger partial charge is 0.251 e. The van der Waals surface area contributed by atoms with E-state index in [0.717, 1.165) is 35.5 Å². The molecule has 0 saturated carbocycles. The number of ether oxygens (including phenoxy) is 4. The Kier molecular flexibility index (Phi) is 12.0. The number of nitrogens with one attached hydrogen (secondary N) is 1. The predicted octanol–water partition coefficient (Wildman–Crippen LogP) is 6.11. The van der Waals surface area contributed by atoms with E-state index in [2.05, 4.69) is 10.3 Å². The first-order chi connectivity index (χ1) is 21.3. The number of anilines is 1. The number of carbonyl (C=O) groups excluding carboxylic acids is 1. The normalized spacial score (nSPS) is 10.7. The summed E-state index contributed by atoms with van der Waals surface area (Å²) in [7, 11) is 8.43. The van der Waals surface area contributed by atoms with Crippen LogP contribution in [0.15, 0.2) is 71.9 Å². The molecule has 0 aliphatic rings. The fourth-order valence-corrected chi connectivity index (χ4v) is 5.53. The lowest BCUT2D eigenvalue weighted by Crippen LogP contribution is -2.25. The molecule has 232 valence electrons. The molecule has 0 saturated heterocycles. The quantitative estimate of drug-likeness (QED) is 0.0942. The van der Waals surface area contributed by atoms with Gasteiger partial charge in [-0.2, -0.15) is 0 Å². The minimum absolute atomic E-state index is 0.130. The first kappa shape index (κ1) is 32.8. The van der Waals surface area contributed by atoms with Gasteiger partial charge < -0.3 is 29.2 Å². The molecule has 0 radical (unpaired) electrons. The number of thioether (sulfide) groups is 1. The van der Waals surface area contributed by atoms with E-state index in [1.165, 1.54) is 11.8 Å². The van der Waals surface area contributed by atoms with Crippen LogP contribution in [0, 0.1) is 0 Å². The van der Waals surface area contributed by atoms with E-state index in [0.29, 0.717) is 57.6 Å². The number of likely N-dealkylation sites (N-methyl/N-ethyl adjacent to an activating group) is 1. The average molecular weight is 637 g/mol. The number of nitrogens with zero attached hydrogens (tertiary/aromatic N) is 3. The van der Waals surface area contributed by atoms with Crippen molar-refractivity contribution < 1.29 is 23.7 Å². The Balaban J connectivity index is 1.31. The number of halogens is 1. The van der Waals surface area contributed by atoms with Crippen LogP contribution in [0.5, 0.6) is 23.0 Å². The Morgan fingerprint density at radius 1 is 0.795 bits per heavy atom. The minimum atomic E-state index is -0.130. The van der Waals surface area contributed by atoms with Crippen molar-refractivity contribution in [3.05, 3.63) is 94.1 Å². The molecule has 11 heteroatoms. The van der Waals surface area contributed by atoms with Crippen LogP contribution >= 0.6 is 23.4 Å². The Bertz CT molecular complexity index is 1570. The summed E-state index contributed by atoms with van der Waals surface area (Å²) in [6.07, 6.45) is 1.45. The molecular weight excluding hydrogens is 600 g/mol. The van der Waals surface area contributed by atoms with Gasteiger partial charge in [0.2, 0.25) is 0 Å². The van der Waals surface area contributed by atoms with Crippen molar-refractivity contribution in [1.29, 1.82) is 0 Å². The topological polar surface area (TPSA) is 95.0 Å². The Morgan fingerprint density at radius 2 is 1.43 bits per heavy atom. The largest absolute Gasteiger partial charge is 0.493 e. The SMILES string of the molecule is COc1ccc(CCNC(=O)c2cccc(CSc3nc(Cl)cc(N(C)CCc4ccc(OC)c(OC)c4)n3)c2)cc1OC.